The molecule has 0 spiro atoms. The first kappa shape index (κ1) is 16.5. The summed E-state index contributed by atoms with van der Waals surface area (Å²) < 4.78 is 26.7. The second-order valence-corrected chi connectivity index (χ2v) is 6.96. The molecular weight excluding hydrogens is 300 g/mol. The molecule has 0 atom stereocenters. The van der Waals surface area contributed by atoms with Crippen LogP contribution in [0.3, 0.4) is 0 Å². The number of hydrogen-bond donors (Lipinski definition) is 3. The Balaban J connectivity index is 3.08. The van der Waals surface area contributed by atoms with Crippen molar-refractivity contribution in [1.29, 1.82) is 0 Å². The largest absolute Gasteiger partial charge is 0.388 e. The third-order valence-electron chi connectivity index (χ3n) is 2.66. The molecule has 110 valence electrons. The second-order valence-electron chi connectivity index (χ2n) is 4.79. The van der Waals surface area contributed by atoms with Gasteiger partial charge >= 0.3 is 0 Å². The zero-order valence-electron chi connectivity index (χ0n) is 11.1. The van der Waals surface area contributed by atoms with Gasteiger partial charge in [0.2, 0.25) is 15.9 Å². The molecule has 0 saturated carbocycles. The first-order valence-corrected chi connectivity index (χ1v) is 7.51. The van der Waals surface area contributed by atoms with E-state index < -0.39 is 21.3 Å². The van der Waals surface area contributed by atoms with Crippen LogP contribution in [0.1, 0.15) is 19.5 Å². The maximum Gasteiger partial charge on any atom is 0.242 e. The van der Waals surface area contributed by atoms with Gasteiger partial charge in [-0.05, 0) is 26.0 Å². The molecule has 0 unspecified atom stereocenters. The number of thiocarbonyl (C=S) groups is 1. The van der Waals surface area contributed by atoms with Crippen LogP contribution in [0.5, 0.6) is 0 Å². The predicted octanol–water partition coefficient (Wildman–Crippen LogP) is -0.494. The Hall–Kier alpha value is -1.58. The van der Waals surface area contributed by atoms with Crippen LogP contribution in [-0.2, 0) is 14.8 Å². The van der Waals surface area contributed by atoms with Gasteiger partial charge in [-0.15, -0.1) is 0 Å². The number of hydrogen-bond acceptors (Lipinski definition) is 5. The highest BCUT2D eigenvalue weighted by Crippen LogP contribution is 2.16. The van der Waals surface area contributed by atoms with Crippen LogP contribution in [-0.4, -0.2) is 30.8 Å². The van der Waals surface area contributed by atoms with Crippen molar-refractivity contribution in [3.05, 3.63) is 24.0 Å². The van der Waals surface area contributed by atoms with E-state index in [0.717, 1.165) is 0 Å². The standard InChI is InChI=1S/C11H16N4O3S2/c1-11(2,10(13)16)6-15-20(17,18)7-4-3-5-14-8(7)9(12)19/h3-5,15H,6H2,1-2H3,(H2,12,19)(H2,13,16). The van der Waals surface area contributed by atoms with Crippen LogP contribution in [0.25, 0.3) is 0 Å². The summed E-state index contributed by atoms with van der Waals surface area (Å²) in [6.07, 6.45) is 1.39. The summed E-state index contributed by atoms with van der Waals surface area (Å²) in [5.74, 6) is -0.610. The second kappa shape index (κ2) is 5.81. The van der Waals surface area contributed by atoms with E-state index in [1.54, 1.807) is 0 Å². The smallest absolute Gasteiger partial charge is 0.242 e. The normalized spacial score (nSPS) is 12.1. The predicted molar refractivity (Wildman–Crippen MR) is 78.3 cm³/mol. The minimum absolute atomic E-state index is 0.00637. The molecule has 1 aromatic rings. The molecule has 0 aliphatic rings. The quantitative estimate of drug-likeness (QED) is 0.607. The number of pyridine rings is 1. The molecule has 5 N–H and O–H groups in total. The van der Waals surface area contributed by atoms with Crippen LogP contribution in [0.2, 0.25) is 0 Å². The van der Waals surface area contributed by atoms with Gasteiger partial charge in [0.15, 0.2) is 0 Å². The van der Waals surface area contributed by atoms with E-state index in [1.165, 1.54) is 32.2 Å². The third kappa shape index (κ3) is 3.71. The molecule has 1 rings (SSSR count). The number of nitrogens with two attached hydrogens (primary N) is 2. The fraction of sp³-hybridized carbons (Fsp3) is 0.364. The number of carbonyl (C=O) groups is 1. The number of aromatic nitrogens is 1. The monoisotopic (exact) mass is 316 g/mol. The number of carbonyl (C=O) groups excluding carboxylic acids is 1. The fourth-order valence-corrected chi connectivity index (χ4v) is 2.84. The molecule has 0 aliphatic heterocycles. The van der Waals surface area contributed by atoms with Crippen molar-refractivity contribution in [3.8, 4) is 0 Å². The molecular formula is C11H16N4O3S2. The molecule has 0 radical (unpaired) electrons. The van der Waals surface area contributed by atoms with Crippen LogP contribution < -0.4 is 16.2 Å². The van der Waals surface area contributed by atoms with Crippen LogP contribution in [0.4, 0.5) is 0 Å². The van der Waals surface area contributed by atoms with E-state index in [4.69, 9.17) is 23.7 Å². The zero-order chi connectivity index (χ0) is 15.6. The summed E-state index contributed by atoms with van der Waals surface area (Å²) in [5.41, 5.74) is 9.62. The van der Waals surface area contributed by atoms with Crippen molar-refractivity contribution < 1.29 is 13.2 Å². The van der Waals surface area contributed by atoms with E-state index in [0.29, 0.717) is 0 Å². The van der Waals surface area contributed by atoms with E-state index in [2.05, 4.69) is 9.71 Å². The third-order valence-corrected chi connectivity index (χ3v) is 4.29. The Labute approximate surface area is 122 Å². The SMILES string of the molecule is CC(C)(CNS(=O)(=O)c1cccnc1C(N)=S)C(N)=O. The lowest BCUT2D eigenvalue weighted by Crippen LogP contribution is -2.42. The Morgan fingerprint density at radius 1 is 1.45 bits per heavy atom. The van der Waals surface area contributed by atoms with E-state index >= 15 is 0 Å². The van der Waals surface area contributed by atoms with Crippen LogP contribution >= 0.6 is 12.2 Å². The maximum atomic E-state index is 12.2. The summed E-state index contributed by atoms with van der Waals surface area (Å²) in [6.45, 7) is 2.93. The Bertz CT molecular complexity index is 641. The lowest BCUT2D eigenvalue weighted by molar-refractivity contribution is -0.125. The molecule has 1 aromatic heterocycles. The molecule has 1 heterocycles. The maximum absolute atomic E-state index is 12.2. The first-order chi connectivity index (χ1) is 9.08. The highest BCUT2D eigenvalue weighted by molar-refractivity contribution is 7.89. The molecule has 0 saturated heterocycles. The van der Waals surface area contributed by atoms with Crippen LogP contribution in [0.15, 0.2) is 23.2 Å². The Kier molecular flexibility index (Phi) is 4.79. The van der Waals surface area contributed by atoms with Gasteiger partial charge in [0.25, 0.3) is 0 Å². The van der Waals surface area contributed by atoms with E-state index in [1.807, 2.05) is 0 Å². The van der Waals surface area contributed by atoms with Crippen molar-refractivity contribution in [2.75, 3.05) is 6.54 Å². The number of rotatable bonds is 6. The highest BCUT2D eigenvalue weighted by atomic mass is 32.2. The molecule has 7 nitrogen and oxygen atoms in total. The van der Waals surface area contributed by atoms with Crippen molar-refractivity contribution in [1.82, 2.24) is 9.71 Å². The van der Waals surface area contributed by atoms with E-state index in [9.17, 15) is 13.2 Å². The lowest BCUT2D eigenvalue weighted by Gasteiger charge is -2.21. The number of amides is 1. The van der Waals surface area contributed by atoms with Gasteiger partial charge in [-0.25, -0.2) is 13.1 Å². The molecule has 0 bridgehead atoms. The summed E-state index contributed by atoms with van der Waals surface area (Å²) >= 11 is 4.77. The average Bonchev–Trinajstić information content (AvgIpc) is 2.36. The summed E-state index contributed by atoms with van der Waals surface area (Å²) in [4.78, 5) is 14.8. The van der Waals surface area contributed by atoms with Crippen molar-refractivity contribution in [2.45, 2.75) is 18.7 Å². The average molecular weight is 316 g/mol. The number of nitrogens with one attached hydrogen (secondary N) is 1. The first-order valence-electron chi connectivity index (χ1n) is 5.62. The zero-order valence-corrected chi connectivity index (χ0v) is 12.7. The van der Waals surface area contributed by atoms with Gasteiger partial charge in [-0.2, -0.15) is 0 Å². The minimum Gasteiger partial charge on any atom is -0.388 e. The van der Waals surface area contributed by atoms with Gasteiger partial charge in [-0.3, -0.25) is 9.78 Å². The van der Waals surface area contributed by atoms with Crippen molar-refractivity contribution >= 4 is 33.1 Å². The highest BCUT2D eigenvalue weighted by Gasteiger charge is 2.29. The molecule has 0 fully saturated rings. The summed E-state index contributed by atoms with van der Waals surface area (Å²) in [5, 5.41) is 0. The number of primary amides is 1. The molecule has 0 aromatic carbocycles. The Morgan fingerprint density at radius 3 is 2.55 bits per heavy atom. The lowest BCUT2D eigenvalue weighted by atomic mass is 9.93. The van der Waals surface area contributed by atoms with Gasteiger partial charge in [0.05, 0.1) is 5.41 Å². The topological polar surface area (TPSA) is 128 Å². The molecule has 20 heavy (non-hydrogen) atoms. The molecule has 9 heteroatoms. The molecule has 1 amide bonds. The summed E-state index contributed by atoms with van der Waals surface area (Å²) in [6, 6.07) is 2.79. The van der Waals surface area contributed by atoms with E-state index in [-0.39, 0.29) is 22.1 Å². The fourth-order valence-electron chi connectivity index (χ4n) is 1.23. The van der Waals surface area contributed by atoms with Gasteiger partial charge < -0.3 is 11.5 Å². The van der Waals surface area contributed by atoms with Crippen LogP contribution in [0, 0.1) is 5.41 Å². The van der Waals surface area contributed by atoms with Crippen molar-refractivity contribution in [2.24, 2.45) is 16.9 Å². The van der Waals surface area contributed by atoms with Gasteiger partial charge in [-0.1, -0.05) is 12.2 Å². The van der Waals surface area contributed by atoms with Gasteiger partial charge in [0, 0.05) is 12.7 Å². The Morgan fingerprint density at radius 2 is 2.05 bits per heavy atom. The number of nitrogens with zero attached hydrogens (tertiary/aromatic N) is 1. The summed E-state index contributed by atoms with van der Waals surface area (Å²) in [7, 11) is -3.89. The van der Waals surface area contributed by atoms with Gasteiger partial charge in [0.1, 0.15) is 15.6 Å². The van der Waals surface area contributed by atoms with Crippen molar-refractivity contribution in [3.63, 3.8) is 0 Å². The minimum atomic E-state index is -3.89. The molecule has 0 aliphatic carbocycles. The number of sulfonamides is 1.